The van der Waals surface area contributed by atoms with Crippen molar-refractivity contribution in [1.82, 2.24) is 15.2 Å². The van der Waals surface area contributed by atoms with Crippen molar-refractivity contribution in [3.8, 4) is 0 Å². The summed E-state index contributed by atoms with van der Waals surface area (Å²) in [6, 6.07) is 4.28. The summed E-state index contributed by atoms with van der Waals surface area (Å²) in [5.41, 5.74) is 0.683. The molecule has 1 N–H and O–H groups in total. The highest BCUT2D eigenvalue weighted by atomic mass is 16.2. The second kappa shape index (κ2) is 6.35. The number of carbonyl (C=O) groups excluding carboxylic acids is 1. The first-order valence-electron chi connectivity index (χ1n) is 7.45. The maximum absolute atomic E-state index is 12.7. The van der Waals surface area contributed by atoms with E-state index >= 15 is 0 Å². The van der Waals surface area contributed by atoms with Crippen molar-refractivity contribution in [3.63, 3.8) is 0 Å². The van der Waals surface area contributed by atoms with E-state index in [2.05, 4.69) is 38.0 Å². The number of hydrogen-bond donors (Lipinski definition) is 1. The predicted octanol–water partition coefficient (Wildman–Crippen LogP) is 2.18. The van der Waals surface area contributed by atoms with E-state index < -0.39 is 0 Å². The average Bonchev–Trinajstić information content (AvgIpc) is 2.46. The fraction of sp³-hybridized carbons (Fsp3) is 0.625. The summed E-state index contributed by atoms with van der Waals surface area (Å²) in [6.45, 7) is 10.4. The summed E-state index contributed by atoms with van der Waals surface area (Å²) in [6.07, 6.45) is 3.36. The molecule has 110 valence electrons. The maximum atomic E-state index is 12.7. The van der Waals surface area contributed by atoms with Gasteiger partial charge in [-0.1, -0.05) is 27.7 Å². The van der Waals surface area contributed by atoms with Gasteiger partial charge in [0.15, 0.2) is 0 Å². The molecule has 1 aliphatic rings. The van der Waals surface area contributed by atoms with E-state index in [0.717, 1.165) is 13.1 Å². The molecule has 1 saturated heterocycles. The van der Waals surface area contributed by atoms with Gasteiger partial charge in [-0.05, 0) is 24.0 Å². The molecule has 2 heterocycles. The van der Waals surface area contributed by atoms with Crippen LogP contribution in [0.4, 0.5) is 0 Å². The summed E-state index contributed by atoms with van der Waals surface area (Å²) in [5.74, 6) is 1.06. The first kappa shape index (κ1) is 15.0. The van der Waals surface area contributed by atoms with Crippen LogP contribution in [0.3, 0.4) is 0 Å². The maximum Gasteiger partial charge on any atom is 0.255 e. The topological polar surface area (TPSA) is 45.2 Å². The minimum atomic E-state index is 0.101. The van der Waals surface area contributed by atoms with Crippen LogP contribution in [-0.2, 0) is 0 Å². The molecule has 1 fully saturated rings. The Morgan fingerprint density at radius 1 is 1.35 bits per heavy atom. The van der Waals surface area contributed by atoms with E-state index in [1.807, 2.05) is 17.0 Å². The van der Waals surface area contributed by atoms with Gasteiger partial charge in [-0.25, -0.2) is 0 Å². The highest BCUT2D eigenvalue weighted by molar-refractivity contribution is 5.94. The molecular formula is C16H25N3O. The van der Waals surface area contributed by atoms with E-state index in [1.165, 1.54) is 0 Å². The molecule has 0 bridgehead atoms. The van der Waals surface area contributed by atoms with Gasteiger partial charge in [-0.2, -0.15) is 0 Å². The molecule has 2 atom stereocenters. The van der Waals surface area contributed by atoms with Crippen molar-refractivity contribution in [1.29, 1.82) is 0 Å². The van der Waals surface area contributed by atoms with Crippen LogP contribution in [0.2, 0.25) is 0 Å². The largest absolute Gasteiger partial charge is 0.333 e. The summed E-state index contributed by atoms with van der Waals surface area (Å²) >= 11 is 0. The molecular weight excluding hydrogens is 250 g/mol. The van der Waals surface area contributed by atoms with Crippen molar-refractivity contribution in [2.45, 2.75) is 39.8 Å². The lowest BCUT2D eigenvalue weighted by Crippen LogP contribution is -2.61. The molecule has 1 aromatic heterocycles. The molecule has 0 radical (unpaired) electrons. The molecule has 0 saturated carbocycles. The zero-order chi connectivity index (χ0) is 14.7. The minimum Gasteiger partial charge on any atom is -0.333 e. The van der Waals surface area contributed by atoms with Crippen molar-refractivity contribution in [2.24, 2.45) is 11.8 Å². The number of nitrogens with one attached hydrogen (secondary N) is 1. The standard InChI is InChI=1S/C16H25N3O/c1-11(2)14-10-19(15(9-18-14)12(3)4)16(20)13-6-5-7-17-8-13/h5-8,11-12,14-15,18H,9-10H2,1-4H3. The van der Waals surface area contributed by atoms with E-state index in [4.69, 9.17) is 0 Å². The summed E-state index contributed by atoms with van der Waals surface area (Å²) < 4.78 is 0. The highest BCUT2D eigenvalue weighted by Crippen LogP contribution is 2.20. The van der Waals surface area contributed by atoms with E-state index in [9.17, 15) is 4.79 Å². The molecule has 2 rings (SSSR count). The molecule has 1 amide bonds. The van der Waals surface area contributed by atoms with Gasteiger partial charge < -0.3 is 10.2 Å². The third-order valence-corrected chi connectivity index (χ3v) is 4.13. The Hall–Kier alpha value is -1.42. The molecule has 20 heavy (non-hydrogen) atoms. The van der Waals surface area contributed by atoms with Gasteiger partial charge in [0.2, 0.25) is 0 Å². The number of hydrogen-bond acceptors (Lipinski definition) is 3. The second-order valence-electron chi connectivity index (χ2n) is 6.27. The number of piperazine rings is 1. The van der Waals surface area contributed by atoms with E-state index in [1.54, 1.807) is 12.4 Å². The van der Waals surface area contributed by atoms with Crippen molar-refractivity contribution < 1.29 is 4.79 Å². The number of aromatic nitrogens is 1. The third-order valence-electron chi connectivity index (χ3n) is 4.13. The van der Waals surface area contributed by atoms with E-state index in [0.29, 0.717) is 23.4 Å². The highest BCUT2D eigenvalue weighted by Gasteiger charge is 2.34. The Balaban J connectivity index is 2.21. The Labute approximate surface area is 121 Å². The molecule has 0 aromatic carbocycles. The lowest BCUT2D eigenvalue weighted by Gasteiger charge is -2.43. The van der Waals surface area contributed by atoms with Crippen molar-refractivity contribution >= 4 is 5.91 Å². The van der Waals surface area contributed by atoms with Crippen LogP contribution < -0.4 is 5.32 Å². The van der Waals surface area contributed by atoms with Crippen LogP contribution in [0.1, 0.15) is 38.1 Å². The van der Waals surface area contributed by atoms with Gasteiger partial charge in [0.25, 0.3) is 5.91 Å². The van der Waals surface area contributed by atoms with Gasteiger partial charge in [0.05, 0.1) is 5.56 Å². The normalized spacial score (nSPS) is 23.4. The number of amides is 1. The lowest BCUT2D eigenvalue weighted by molar-refractivity contribution is 0.0475. The first-order chi connectivity index (χ1) is 9.50. The van der Waals surface area contributed by atoms with Crippen LogP contribution in [0.15, 0.2) is 24.5 Å². The van der Waals surface area contributed by atoms with Gasteiger partial charge >= 0.3 is 0 Å². The second-order valence-corrected chi connectivity index (χ2v) is 6.27. The Morgan fingerprint density at radius 2 is 2.10 bits per heavy atom. The molecule has 4 heteroatoms. The summed E-state index contributed by atoms with van der Waals surface area (Å²) in [5, 5.41) is 3.58. The third kappa shape index (κ3) is 3.18. The summed E-state index contributed by atoms with van der Waals surface area (Å²) in [7, 11) is 0. The quantitative estimate of drug-likeness (QED) is 0.919. The van der Waals surface area contributed by atoms with Crippen LogP contribution in [-0.4, -0.2) is 41.0 Å². The first-order valence-corrected chi connectivity index (χ1v) is 7.45. The fourth-order valence-electron chi connectivity index (χ4n) is 2.72. The Bertz CT molecular complexity index is 444. The Morgan fingerprint density at radius 3 is 2.65 bits per heavy atom. The number of pyridine rings is 1. The molecule has 2 unspecified atom stereocenters. The fourth-order valence-corrected chi connectivity index (χ4v) is 2.72. The molecule has 1 aromatic rings. The lowest BCUT2D eigenvalue weighted by atomic mass is 9.93. The monoisotopic (exact) mass is 275 g/mol. The molecule has 1 aliphatic heterocycles. The average molecular weight is 275 g/mol. The van der Waals surface area contributed by atoms with Crippen LogP contribution in [0.25, 0.3) is 0 Å². The SMILES string of the molecule is CC(C)C1CN(C(=O)c2cccnc2)C(C(C)C)CN1. The predicted molar refractivity (Wildman–Crippen MR) is 80.5 cm³/mol. The summed E-state index contributed by atoms with van der Waals surface area (Å²) in [4.78, 5) is 18.8. The zero-order valence-electron chi connectivity index (χ0n) is 12.8. The van der Waals surface area contributed by atoms with Crippen LogP contribution >= 0.6 is 0 Å². The van der Waals surface area contributed by atoms with Crippen molar-refractivity contribution in [2.75, 3.05) is 13.1 Å². The van der Waals surface area contributed by atoms with Crippen LogP contribution in [0.5, 0.6) is 0 Å². The Kier molecular flexibility index (Phi) is 4.76. The molecule has 0 spiro atoms. The molecule has 0 aliphatic carbocycles. The minimum absolute atomic E-state index is 0.101. The van der Waals surface area contributed by atoms with Crippen molar-refractivity contribution in [3.05, 3.63) is 30.1 Å². The van der Waals surface area contributed by atoms with Crippen LogP contribution in [0, 0.1) is 11.8 Å². The van der Waals surface area contributed by atoms with Gasteiger partial charge in [0, 0.05) is 37.6 Å². The van der Waals surface area contributed by atoms with Gasteiger partial charge in [0.1, 0.15) is 0 Å². The molecule has 4 nitrogen and oxygen atoms in total. The van der Waals surface area contributed by atoms with E-state index in [-0.39, 0.29) is 11.9 Å². The van der Waals surface area contributed by atoms with Gasteiger partial charge in [-0.3, -0.25) is 9.78 Å². The smallest absolute Gasteiger partial charge is 0.255 e. The number of rotatable bonds is 3. The number of carbonyl (C=O) groups is 1. The zero-order valence-corrected chi connectivity index (χ0v) is 12.8. The number of nitrogens with zero attached hydrogens (tertiary/aromatic N) is 2. The van der Waals surface area contributed by atoms with Gasteiger partial charge in [-0.15, -0.1) is 0 Å².